The van der Waals surface area contributed by atoms with Gasteiger partial charge in [-0.1, -0.05) is 72.8 Å². The van der Waals surface area contributed by atoms with E-state index < -0.39 is 11.0 Å². The Morgan fingerprint density at radius 3 is 2.40 bits per heavy atom. The number of benzene rings is 3. The summed E-state index contributed by atoms with van der Waals surface area (Å²) in [4.78, 5) is 16.0. The summed E-state index contributed by atoms with van der Waals surface area (Å²) in [5, 5.41) is 0.251. The van der Waals surface area contributed by atoms with Crippen LogP contribution in [0.15, 0.2) is 89.8 Å². The highest BCUT2D eigenvalue weighted by molar-refractivity contribution is 8.01. The van der Waals surface area contributed by atoms with Gasteiger partial charge in [-0.2, -0.15) is 0 Å². The van der Waals surface area contributed by atoms with Gasteiger partial charge in [0.05, 0.1) is 12.3 Å². The van der Waals surface area contributed by atoms with E-state index in [0.717, 1.165) is 22.6 Å². The monoisotopic (exact) mass is 433 g/mol. The summed E-state index contributed by atoms with van der Waals surface area (Å²) in [6.07, 6.45) is 2.48. The van der Waals surface area contributed by atoms with Crippen molar-refractivity contribution in [2.75, 3.05) is 11.2 Å². The second-order valence-corrected chi connectivity index (χ2v) is 9.95. The molecular formula is C25H23NO2S2. The summed E-state index contributed by atoms with van der Waals surface area (Å²) in [6.45, 7) is 0.443. The first kappa shape index (κ1) is 19.7. The molecule has 3 aromatic rings. The number of β-lactam (4-membered cyclic amide) rings is 1. The normalized spacial score (nSPS) is 25.1. The van der Waals surface area contributed by atoms with E-state index in [1.54, 1.807) is 11.8 Å². The van der Waals surface area contributed by atoms with Gasteiger partial charge in [-0.05, 0) is 35.9 Å². The maximum Gasteiger partial charge on any atom is 0.260 e. The minimum absolute atomic E-state index is 0.0574. The number of para-hydroxylation sites is 1. The maximum absolute atomic E-state index is 13.3. The van der Waals surface area contributed by atoms with Gasteiger partial charge in [0, 0.05) is 10.1 Å². The first-order chi connectivity index (χ1) is 14.7. The van der Waals surface area contributed by atoms with Gasteiger partial charge in [0.2, 0.25) is 0 Å². The molecule has 2 aliphatic rings. The molecule has 3 aromatic carbocycles. The van der Waals surface area contributed by atoms with Crippen molar-refractivity contribution in [2.24, 2.45) is 0 Å². The number of amides is 1. The Balaban J connectivity index is 1.52. The lowest BCUT2D eigenvalue weighted by Crippen LogP contribution is -2.74. The van der Waals surface area contributed by atoms with Crippen LogP contribution < -0.4 is 4.90 Å². The average Bonchev–Trinajstić information content (AvgIpc) is 2.93. The van der Waals surface area contributed by atoms with Crippen LogP contribution in [0.4, 0.5) is 5.69 Å². The molecule has 0 bridgehead atoms. The van der Waals surface area contributed by atoms with E-state index >= 15 is 0 Å². The Kier molecular flexibility index (Phi) is 5.35. The number of anilines is 1. The van der Waals surface area contributed by atoms with Gasteiger partial charge in [0.25, 0.3) is 5.91 Å². The molecule has 2 heterocycles. The number of ether oxygens (including phenoxy) is 1. The van der Waals surface area contributed by atoms with Crippen molar-refractivity contribution < 1.29 is 9.53 Å². The summed E-state index contributed by atoms with van der Waals surface area (Å²) in [7, 11) is 0. The molecule has 152 valence electrons. The molecule has 1 saturated heterocycles. The Bertz CT molecular complexity index is 1040. The van der Waals surface area contributed by atoms with Crippen LogP contribution in [0.1, 0.15) is 22.8 Å². The van der Waals surface area contributed by atoms with Crippen molar-refractivity contribution >= 4 is 35.1 Å². The van der Waals surface area contributed by atoms with Gasteiger partial charge in [-0.15, -0.1) is 23.5 Å². The summed E-state index contributed by atoms with van der Waals surface area (Å²) >= 11 is 3.58. The smallest absolute Gasteiger partial charge is 0.260 e. The Morgan fingerprint density at radius 1 is 1.00 bits per heavy atom. The van der Waals surface area contributed by atoms with Crippen molar-refractivity contribution in [1.29, 1.82) is 0 Å². The lowest BCUT2D eigenvalue weighted by molar-refractivity contribution is -0.146. The highest BCUT2D eigenvalue weighted by Gasteiger charge is 2.63. The predicted octanol–water partition coefficient (Wildman–Crippen LogP) is 5.92. The van der Waals surface area contributed by atoms with Crippen molar-refractivity contribution in [3.05, 3.63) is 96.1 Å². The number of hydrogen-bond acceptors (Lipinski definition) is 4. The van der Waals surface area contributed by atoms with E-state index in [4.69, 9.17) is 4.74 Å². The van der Waals surface area contributed by atoms with Crippen LogP contribution in [0, 0.1) is 0 Å². The van der Waals surface area contributed by atoms with Crippen molar-refractivity contribution in [3.63, 3.8) is 0 Å². The minimum Gasteiger partial charge on any atom is -0.360 e. The molecule has 0 saturated carbocycles. The van der Waals surface area contributed by atoms with E-state index in [-0.39, 0.29) is 11.2 Å². The standard InChI is InChI=1S/C25H23NO2S2/c1-29-25-16-22(19-12-6-3-7-13-19)30-21-15-9-8-14-20(21)26(25)24(27)23(25)28-17-18-10-4-2-5-11-18/h2-15,22-23H,16-17H2,1H3. The molecule has 0 spiro atoms. The van der Waals surface area contributed by atoms with Crippen LogP contribution in [0.3, 0.4) is 0 Å². The van der Waals surface area contributed by atoms with E-state index in [2.05, 4.69) is 42.7 Å². The maximum atomic E-state index is 13.3. The lowest BCUT2D eigenvalue weighted by atomic mass is 9.89. The molecule has 0 aromatic heterocycles. The van der Waals surface area contributed by atoms with Crippen LogP contribution in [0.2, 0.25) is 0 Å². The van der Waals surface area contributed by atoms with Crippen molar-refractivity contribution in [3.8, 4) is 0 Å². The van der Waals surface area contributed by atoms with E-state index in [9.17, 15) is 4.79 Å². The Morgan fingerprint density at radius 2 is 1.67 bits per heavy atom. The number of carbonyl (C=O) groups excluding carboxylic acids is 1. The number of nitrogens with zero attached hydrogens (tertiary/aromatic N) is 1. The summed E-state index contributed by atoms with van der Waals surface area (Å²) < 4.78 is 6.27. The fourth-order valence-corrected chi connectivity index (χ4v) is 6.93. The Hall–Kier alpha value is -2.21. The number of hydrogen-bond donors (Lipinski definition) is 0. The topological polar surface area (TPSA) is 29.5 Å². The van der Waals surface area contributed by atoms with E-state index in [1.807, 2.05) is 65.2 Å². The molecule has 1 fully saturated rings. The molecule has 3 unspecified atom stereocenters. The summed E-state index contributed by atoms with van der Waals surface area (Å²) in [6, 6.07) is 28.9. The molecule has 30 heavy (non-hydrogen) atoms. The van der Waals surface area contributed by atoms with E-state index in [0.29, 0.717) is 6.61 Å². The largest absolute Gasteiger partial charge is 0.360 e. The number of fused-ring (bicyclic) bond motifs is 3. The minimum atomic E-state index is -0.453. The third-order valence-corrected chi connectivity index (χ3v) is 8.46. The SMILES string of the molecule is CSC12CC(c3ccccc3)Sc3ccccc3N1C(=O)C2OCc1ccccc1. The average molecular weight is 434 g/mol. The zero-order valence-corrected chi connectivity index (χ0v) is 18.4. The fourth-order valence-electron chi connectivity index (χ4n) is 4.36. The lowest BCUT2D eigenvalue weighted by Gasteiger charge is -2.56. The van der Waals surface area contributed by atoms with Crippen molar-refractivity contribution in [2.45, 2.75) is 34.1 Å². The molecular weight excluding hydrogens is 410 g/mol. The second kappa shape index (κ2) is 8.14. The van der Waals surface area contributed by atoms with Gasteiger partial charge >= 0.3 is 0 Å². The quantitative estimate of drug-likeness (QED) is 0.468. The molecule has 0 radical (unpaired) electrons. The Labute approximate surface area is 185 Å². The molecule has 5 heteroatoms. The van der Waals surface area contributed by atoms with Gasteiger partial charge in [-0.3, -0.25) is 9.69 Å². The molecule has 3 atom stereocenters. The first-order valence-corrected chi connectivity index (χ1v) is 12.2. The summed E-state index contributed by atoms with van der Waals surface area (Å²) in [5.41, 5.74) is 3.37. The van der Waals surface area contributed by atoms with Gasteiger partial charge in [0.15, 0.2) is 6.10 Å². The molecule has 0 N–H and O–H groups in total. The molecule has 1 amide bonds. The third kappa shape index (κ3) is 3.25. The summed E-state index contributed by atoms with van der Waals surface area (Å²) in [5.74, 6) is 0.0574. The van der Waals surface area contributed by atoms with Crippen LogP contribution in [-0.4, -0.2) is 23.1 Å². The van der Waals surface area contributed by atoms with E-state index in [1.165, 1.54) is 5.56 Å². The number of carbonyl (C=O) groups is 1. The fraction of sp³-hybridized carbons (Fsp3) is 0.240. The molecule has 3 nitrogen and oxygen atoms in total. The molecule has 0 aliphatic carbocycles. The van der Waals surface area contributed by atoms with Crippen LogP contribution in [-0.2, 0) is 16.1 Å². The zero-order chi connectivity index (χ0) is 20.6. The number of thioether (sulfide) groups is 2. The third-order valence-electron chi connectivity index (χ3n) is 5.87. The zero-order valence-electron chi connectivity index (χ0n) is 16.7. The first-order valence-electron chi connectivity index (χ1n) is 10.1. The highest BCUT2D eigenvalue weighted by atomic mass is 32.2. The van der Waals surface area contributed by atoms with Crippen LogP contribution in [0.5, 0.6) is 0 Å². The van der Waals surface area contributed by atoms with Gasteiger partial charge < -0.3 is 4.74 Å². The highest BCUT2D eigenvalue weighted by Crippen LogP contribution is 2.59. The van der Waals surface area contributed by atoms with Gasteiger partial charge in [-0.25, -0.2) is 0 Å². The number of rotatable bonds is 5. The van der Waals surface area contributed by atoms with Gasteiger partial charge in [0.1, 0.15) is 4.87 Å². The van der Waals surface area contributed by atoms with Crippen LogP contribution in [0.25, 0.3) is 0 Å². The van der Waals surface area contributed by atoms with Crippen LogP contribution >= 0.6 is 23.5 Å². The second-order valence-electron chi connectivity index (χ2n) is 7.59. The molecule has 5 rings (SSSR count). The molecule has 2 aliphatic heterocycles. The van der Waals surface area contributed by atoms with Crippen molar-refractivity contribution in [1.82, 2.24) is 0 Å². The predicted molar refractivity (Wildman–Crippen MR) is 125 cm³/mol.